The second-order valence-electron chi connectivity index (χ2n) is 10.8. The van der Waals surface area contributed by atoms with Crippen molar-refractivity contribution in [1.29, 1.82) is 0 Å². The van der Waals surface area contributed by atoms with Gasteiger partial charge in [-0.3, -0.25) is 53.3 Å². The first-order valence-corrected chi connectivity index (χ1v) is 14.8. The number of rotatable bonds is 24. The number of aromatic nitrogens is 1. The maximum absolute atomic E-state index is 12.8. The lowest BCUT2D eigenvalue weighted by Crippen LogP contribution is -2.47. The zero-order chi connectivity index (χ0) is 35.5. The van der Waals surface area contributed by atoms with E-state index >= 15 is 0 Å². The Morgan fingerprint density at radius 3 is 1.69 bits per heavy atom. The van der Waals surface area contributed by atoms with Crippen molar-refractivity contribution >= 4 is 35.7 Å². The summed E-state index contributed by atoms with van der Waals surface area (Å²) in [5.41, 5.74) is 10.5. The third-order valence-corrected chi connectivity index (χ3v) is 6.71. The van der Waals surface area contributed by atoms with E-state index in [9.17, 15) is 28.8 Å². The molecule has 0 saturated carbocycles. The number of carbonyl (C=O) groups excluding carboxylic acids is 2. The molecule has 1 unspecified atom stereocenters. The second-order valence-corrected chi connectivity index (χ2v) is 10.8. The van der Waals surface area contributed by atoms with Crippen molar-refractivity contribution in [2.45, 2.75) is 25.6 Å². The molecule has 0 bridgehead atoms. The first-order valence-electron chi connectivity index (χ1n) is 14.8. The van der Waals surface area contributed by atoms with E-state index in [1.165, 1.54) is 0 Å². The van der Waals surface area contributed by atoms with Crippen LogP contribution in [0.1, 0.15) is 16.7 Å². The smallest absolute Gasteiger partial charge is 0.317 e. The summed E-state index contributed by atoms with van der Waals surface area (Å²) < 4.78 is 0. The molecule has 1 aromatic heterocycles. The van der Waals surface area contributed by atoms with E-state index in [2.05, 4.69) is 15.8 Å². The van der Waals surface area contributed by atoms with Crippen molar-refractivity contribution < 1.29 is 54.0 Å². The van der Waals surface area contributed by atoms with Gasteiger partial charge in [0, 0.05) is 45.1 Å². The maximum atomic E-state index is 12.8. The number of nitrogens with one attached hydrogen (secondary N) is 2. The summed E-state index contributed by atoms with van der Waals surface area (Å²) in [7, 11) is 0. The summed E-state index contributed by atoms with van der Waals surface area (Å²) in [4.78, 5) is 82.9. The summed E-state index contributed by atoms with van der Waals surface area (Å²) in [5.74, 6) is -5.87. The van der Waals surface area contributed by atoms with Gasteiger partial charge in [0.05, 0.1) is 45.4 Å². The van der Waals surface area contributed by atoms with E-state index < -0.39 is 67.9 Å². The molecule has 0 fully saturated rings. The minimum Gasteiger partial charge on any atom is -0.480 e. The van der Waals surface area contributed by atoms with Crippen molar-refractivity contribution in [1.82, 2.24) is 30.5 Å². The van der Waals surface area contributed by atoms with Crippen molar-refractivity contribution in [3.8, 4) is 0 Å². The van der Waals surface area contributed by atoms with Gasteiger partial charge in [0.2, 0.25) is 5.91 Å². The van der Waals surface area contributed by atoms with Gasteiger partial charge in [-0.15, -0.1) is 0 Å². The molecule has 48 heavy (non-hydrogen) atoms. The number of carboxylic acids is 4. The number of hydrogen-bond donors (Lipinski definition) is 7. The van der Waals surface area contributed by atoms with Gasteiger partial charge in [-0.25, -0.2) is 5.48 Å². The van der Waals surface area contributed by atoms with Crippen molar-refractivity contribution in [3.63, 3.8) is 0 Å². The number of hydrogen-bond acceptors (Lipinski definition) is 12. The summed E-state index contributed by atoms with van der Waals surface area (Å²) in [6, 6.07) is 9.72. The zero-order valence-electron chi connectivity index (χ0n) is 26.2. The molecule has 2 rings (SSSR count). The van der Waals surface area contributed by atoms with Gasteiger partial charge < -0.3 is 31.5 Å². The highest BCUT2D eigenvalue weighted by atomic mass is 16.6. The lowest BCUT2D eigenvalue weighted by molar-refractivity contribution is -0.143. The third kappa shape index (κ3) is 17.1. The first-order chi connectivity index (χ1) is 22.8. The Hall–Kier alpha value is -5.01. The number of pyridine rings is 1. The van der Waals surface area contributed by atoms with E-state index in [0.717, 1.165) is 26.5 Å². The summed E-state index contributed by atoms with van der Waals surface area (Å²) in [6.07, 6.45) is 3.54. The number of nitrogens with zero attached hydrogens (tertiary/aromatic N) is 4. The fraction of sp³-hybridized carbons (Fsp3) is 0.433. The fourth-order valence-corrected chi connectivity index (χ4v) is 4.37. The highest BCUT2D eigenvalue weighted by molar-refractivity contribution is 5.80. The lowest BCUT2D eigenvalue weighted by atomic mass is 10.1. The second kappa shape index (κ2) is 21.0. The lowest BCUT2D eigenvalue weighted by Gasteiger charge is -2.28. The van der Waals surface area contributed by atoms with Crippen LogP contribution in [0.15, 0.2) is 48.8 Å². The Balaban J connectivity index is 1.90. The monoisotopic (exact) mass is 675 g/mol. The van der Waals surface area contributed by atoms with Gasteiger partial charge in [-0.1, -0.05) is 30.3 Å². The molecule has 0 aliphatic carbocycles. The van der Waals surface area contributed by atoms with E-state index in [1.807, 2.05) is 6.07 Å². The number of carbonyl (C=O) groups is 6. The van der Waals surface area contributed by atoms with Crippen molar-refractivity contribution in [3.05, 3.63) is 65.5 Å². The average Bonchev–Trinajstić information content (AvgIpc) is 3.01. The third-order valence-electron chi connectivity index (χ3n) is 6.71. The molecule has 0 aliphatic rings. The molecule has 0 spiro atoms. The molecule has 2 amide bonds. The van der Waals surface area contributed by atoms with Gasteiger partial charge in [0.15, 0.2) is 0 Å². The Morgan fingerprint density at radius 1 is 0.708 bits per heavy atom. The number of carboxylic acid groups (broad SMARTS) is 4. The van der Waals surface area contributed by atoms with Crippen molar-refractivity contribution in [2.24, 2.45) is 5.73 Å². The van der Waals surface area contributed by atoms with Crippen LogP contribution < -0.4 is 16.5 Å². The van der Waals surface area contributed by atoms with Gasteiger partial charge >= 0.3 is 23.9 Å². The van der Waals surface area contributed by atoms with E-state index in [1.54, 1.807) is 47.6 Å². The molecule has 1 heterocycles. The number of nitrogens with two attached hydrogens (primary N) is 1. The van der Waals surface area contributed by atoms with Crippen LogP contribution in [0.4, 0.5) is 0 Å². The van der Waals surface area contributed by atoms with Crippen LogP contribution in [0.25, 0.3) is 0 Å². The summed E-state index contributed by atoms with van der Waals surface area (Å²) >= 11 is 0. The Morgan fingerprint density at radius 2 is 1.21 bits per heavy atom. The average molecular weight is 676 g/mol. The molecular formula is C30H41N7O11. The fourth-order valence-electron chi connectivity index (χ4n) is 4.37. The highest BCUT2D eigenvalue weighted by Gasteiger charge is 2.20. The van der Waals surface area contributed by atoms with Gasteiger partial charge in [-0.05, 0) is 29.2 Å². The largest absolute Gasteiger partial charge is 0.480 e. The van der Waals surface area contributed by atoms with Gasteiger partial charge in [0.25, 0.3) is 5.91 Å². The number of benzene rings is 1. The van der Waals surface area contributed by atoms with Crippen LogP contribution in [0.3, 0.4) is 0 Å². The first kappa shape index (κ1) is 39.2. The predicted octanol–water partition coefficient (Wildman–Crippen LogP) is -1.94. The molecule has 0 radical (unpaired) electrons. The van der Waals surface area contributed by atoms with Crippen LogP contribution in [0, 0.1) is 0 Å². The summed E-state index contributed by atoms with van der Waals surface area (Å²) in [6.45, 7) is -2.20. The minimum absolute atomic E-state index is 0.0375. The number of aliphatic carboxylic acids is 4. The van der Waals surface area contributed by atoms with Crippen LogP contribution in [0.2, 0.25) is 0 Å². The Kier molecular flexibility index (Phi) is 17.1. The molecule has 18 nitrogen and oxygen atoms in total. The molecule has 0 saturated heterocycles. The van der Waals surface area contributed by atoms with Crippen molar-refractivity contribution in [2.75, 3.05) is 58.9 Å². The molecular weight excluding hydrogens is 634 g/mol. The van der Waals surface area contributed by atoms with Crippen LogP contribution in [-0.2, 0) is 53.2 Å². The quantitative estimate of drug-likeness (QED) is 0.0597. The van der Waals surface area contributed by atoms with Crippen LogP contribution >= 0.6 is 0 Å². The molecule has 1 aromatic carbocycles. The Labute approximate surface area is 276 Å². The predicted molar refractivity (Wildman–Crippen MR) is 167 cm³/mol. The van der Waals surface area contributed by atoms with E-state index in [-0.39, 0.29) is 45.9 Å². The standard InChI is InChI=1S/C30H41N7O11/c31-24(12-23-2-1-7-32-13-23)30(47)34-48-20-22-5-3-21(4-6-22)14-33-25(38)15-35(8-10-36(16-26(39)40)17-27(41)42)9-11-37(18-28(43)44)19-29(45)46/h1-7,13,24H,8-12,14-20,31H2,(H,33,38)(H,34,47)(H,39,40)(H,41,42)(H,43,44)(H,45,46). The SMILES string of the molecule is NC(Cc1cccnc1)C(=O)NOCc1ccc(CNC(=O)CN(CCN(CC(=O)O)CC(=O)O)CCN(CC(=O)O)CC(=O)O)cc1. The molecule has 262 valence electrons. The van der Waals surface area contributed by atoms with E-state index in [0.29, 0.717) is 6.42 Å². The molecule has 2 aromatic rings. The summed E-state index contributed by atoms with van der Waals surface area (Å²) in [5, 5.41) is 39.2. The number of amides is 2. The molecule has 1 atom stereocenters. The highest BCUT2D eigenvalue weighted by Crippen LogP contribution is 2.06. The topological polar surface area (TPSA) is 265 Å². The van der Waals surface area contributed by atoms with Crippen LogP contribution in [-0.4, -0.2) is 141 Å². The normalized spacial score (nSPS) is 11.8. The molecule has 8 N–H and O–H groups in total. The minimum atomic E-state index is -1.24. The maximum Gasteiger partial charge on any atom is 0.317 e. The number of hydroxylamine groups is 1. The molecule has 0 aliphatic heterocycles. The van der Waals surface area contributed by atoms with Crippen LogP contribution in [0.5, 0.6) is 0 Å². The van der Waals surface area contributed by atoms with E-state index in [4.69, 9.17) is 31.0 Å². The Bertz CT molecular complexity index is 1290. The zero-order valence-corrected chi connectivity index (χ0v) is 26.2. The molecule has 18 heteroatoms. The van der Waals surface area contributed by atoms with Gasteiger partial charge in [-0.2, -0.15) is 0 Å². The van der Waals surface area contributed by atoms with Gasteiger partial charge in [0.1, 0.15) is 0 Å².